The van der Waals surface area contributed by atoms with Crippen molar-refractivity contribution in [2.75, 3.05) is 0 Å². The minimum absolute atomic E-state index is 0.790. The molecule has 6 rings (SSSR count). The van der Waals surface area contributed by atoms with Crippen molar-refractivity contribution < 1.29 is 27.6 Å². The van der Waals surface area contributed by atoms with E-state index in [2.05, 4.69) is 113 Å². The van der Waals surface area contributed by atoms with Crippen LogP contribution < -0.4 is 5.32 Å². The molecule has 0 saturated heterocycles. The van der Waals surface area contributed by atoms with Gasteiger partial charge in [-0.05, 0) is 72.4 Å². The number of hydrogen-bond acceptors (Lipinski definition) is 5. The molecule has 0 unspecified atom stereocenters. The molecule has 3 N–H and O–H groups in total. The molecule has 0 atom stereocenters. The van der Waals surface area contributed by atoms with Crippen LogP contribution in [0.2, 0.25) is 0 Å². The summed E-state index contributed by atoms with van der Waals surface area (Å²) in [5.41, 5.74) is 12.4. The molecule has 2 heterocycles. The lowest BCUT2D eigenvalue weighted by atomic mass is 10.0. The highest BCUT2D eigenvalue weighted by atomic mass is 19.4. The van der Waals surface area contributed by atoms with Crippen LogP contribution in [0.4, 0.5) is 13.2 Å². The highest BCUT2D eigenvalue weighted by Gasteiger charge is 2.38. The molecule has 7 nitrogen and oxygen atoms in total. The summed E-state index contributed by atoms with van der Waals surface area (Å²) in [4.78, 5) is 17.2. The van der Waals surface area contributed by atoms with Gasteiger partial charge in [0.1, 0.15) is 11.6 Å². The molecule has 0 aliphatic carbocycles. The Morgan fingerprint density at radius 2 is 1.47 bits per heavy atom. The van der Waals surface area contributed by atoms with Gasteiger partial charge in [-0.1, -0.05) is 78.0 Å². The smallest absolute Gasteiger partial charge is 0.475 e. The van der Waals surface area contributed by atoms with Gasteiger partial charge in [0.15, 0.2) is 0 Å². The number of rotatable bonds is 7. The van der Waals surface area contributed by atoms with E-state index in [0.717, 1.165) is 58.1 Å². The number of nitrogens with zero attached hydrogens (tertiary/aromatic N) is 2. The number of aromatic nitrogens is 3. The normalized spacial score (nSPS) is 11.3. The number of H-pyrrole nitrogens is 1. The van der Waals surface area contributed by atoms with Crippen LogP contribution in [0, 0.1) is 20.8 Å². The van der Waals surface area contributed by atoms with E-state index in [9.17, 15) is 13.2 Å². The van der Waals surface area contributed by atoms with Gasteiger partial charge in [-0.15, -0.1) is 0 Å². The Kier molecular flexibility index (Phi) is 9.15. The quantitative estimate of drug-likeness (QED) is 0.167. The van der Waals surface area contributed by atoms with Gasteiger partial charge in [0.25, 0.3) is 0 Å². The zero-order valence-electron chi connectivity index (χ0n) is 24.9. The summed E-state index contributed by atoms with van der Waals surface area (Å²) in [6.45, 7) is 7.63. The molecule has 0 bridgehead atoms. The Labute approximate surface area is 257 Å². The zero-order valence-corrected chi connectivity index (χ0v) is 24.9. The molecule has 2 aromatic heterocycles. The second-order valence-electron chi connectivity index (χ2n) is 10.6. The van der Waals surface area contributed by atoms with E-state index < -0.39 is 12.1 Å². The maximum atomic E-state index is 10.6. The van der Waals surface area contributed by atoms with Crippen molar-refractivity contribution in [3.63, 3.8) is 0 Å². The maximum absolute atomic E-state index is 10.6. The number of carboxylic acid groups (broad SMARTS) is 1. The molecular formula is C35H31F3N4O3. The summed E-state index contributed by atoms with van der Waals surface area (Å²) >= 11 is 0. The third-order valence-corrected chi connectivity index (χ3v) is 7.29. The minimum Gasteiger partial charge on any atom is -0.475 e. The SMILES string of the molecule is Cc1noc(C)c1-c1cccc(CNCc2ccc(-c3cccc(-c4nc5c(C)cccc5[nH]4)c3)cc2)c1.O=C(O)C(F)(F)F. The molecular weight excluding hydrogens is 581 g/mol. The fourth-order valence-corrected chi connectivity index (χ4v) is 5.06. The number of carboxylic acids is 1. The van der Waals surface area contributed by atoms with Gasteiger partial charge < -0.3 is 19.9 Å². The first-order valence-electron chi connectivity index (χ1n) is 14.2. The second-order valence-corrected chi connectivity index (χ2v) is 10.6. The minimum atomic E-state index is -5.08. The number of alkyl halides is 3. The van der Waals surface area contributed by atoms with Gasteiger partial charge in [0.05, 0.1) is 16.7 Å². The first-order valence-corrected chi connectivity index (χ1v) is 14.2. The van der Waals surface area contributed by atoms with Crippen molar-refractivity contribution in [2.45, 2.75) is 40.0 Å². The summed E-state index contributed by atoms with van der Waals surface area (Å²) < 4.78 is 37.1. The summed E-state index contributed by atoms with van der Waals surface area (Å²) in [5, 5.41) is 14.8. The Morgan fingerprint density at radius 3 is 2.13 bits per heavy atom. The molecule has 0 radical (unpaired) electrons. The number of hydrogen-bond donors (Lipinski definition) is 3. The van der Waals surface area contributed by atoms with Gasteiger partial charge in [0.2, 0.25) is 0 Å². The van der Waals surface area contributed by atoms with Crippen LogP contribution in [0.3, 0.4) is 0 Å². The van der Waals surface area contributed by atoms with E-state index in [4.69, 9.17) is 19.4 Å². The Hall–Kier alpha value is -5.22. The Balaban J connectivity index is 0.000000515. The van der Waals surface area contributed by atoms with E-state index in [0.29, 0.717) is 0 Å². The van der Waals surface area contributed by atoms with Crippen LogP contribution in [0.1, 0.15) is 28.1 Å². The average Bonchev–Trinajstić information content (AvgIpc) is 3.61. The number of benzene rings is 4. The van der Waals surface area contributed by atoms with Gasteiger partial charge in [-0.2, -0.15) is 13.2 Å². The van der Waals surface area contributed by atoms with Crippen LogP contribution in [0.15, 0.2) is 95.5 Å². The molecule has 230 valence electrons. The third-order valence-electron chi connectivity index (χ3n) is 7.29. The molecule has 4 aromatic carbocycles. The molecule has 0 aliphatic heterocycles. The van der Waals surface area contributed by atoms with Crippen molar-refractivity contribution in [2.24, 2.45) is 0 Å². The largest absolute Gasteiger partial charge is 0.490 e. The van der Waals surface area contributed by atoms with Crippen molar-refractivity contribution in [3.8, 4) is 33.6 Å². The summed E-state index contributed by atoms with van der Waals surface area (Å²) in [5.74, 6) is -1.01. The van der Waals surface area contributed by atoms with Crippen LogP contribution in [-0.2, 0) is 17.9 Å². The van der Waals surface area contributed by atoms with Crippen LogP contribution in [-0.4, -0.2) is 32.4 Å². The topological polar surface area (TPSA) is 104 Å². The molecule has 0 amide bonds. The molecule has 6 aromatic rings. The van der Waals surface area contributed by atoms with E-state index in [1.54, 1.807) is 0 Å². The highest BCUT2D eigenvalue weighted by Crippen LogP contribution is 2.29. The number of halogens is 3. The van der Waals surface area contributed by atoms with Crippen molar-refractivity contribution in [1.29, 1.82) is 0 Å². The predicted octanol–water partition coefficient (Wildman–Crippen LogP) is 8.40. The van der Waals surface area contributed by atoms with Gasteiger partial charge in [-0.25, -0.2) is 9.78 Å². The van der Waals surface area contributed by atoms with Crippen molar-refractivity contribution in [1.82, 2.24) is 20.4 Å². The molecule has 45 heavy (non-hydrogen) atoms. The standard InChI is InChI=1S/C33H30N4O.C2HF3O2/c1-21-7-4-12-30-32(21)36-33(35-30)29-11-6-9-27(18-29)26-15-13-24(14-16-26)19-34-20-25-8-5-10-28(17-25)31-22(2)37-38-23(31)3;3-2(4,5)1(6)7/h4-18,34H,19-20H2,1-3H3,(H,35,36);(H,6,7). The summed E-state index contributed by atoms with van der Waals surface area (Å²) in [6, 6.07) is 32.1. The number of nitrogens with one attached hydrogen (secondary N) is 2. The first kappa shape index (κ1) is 31.2. The molecule has 0 spiro atoms. The van der Waals surface area contributed by atoms with Gasteiger partial charge in [0, 0.05) is 24.2 Å². The van der Waals surface area contributed by atoms with Gasteiger partial charge >= 0.3 is 12.1 Å². The summed E-state index contributed by atoms with van der Waals surface area (Å²) in [6.07, 6.45) is -5.08. The number of aliphatic carboxylic acids is 1. The molecule has 0 saturated carbocycles. The maximum Gasteiger partial charge on any atom is 0.490 e. The first-order chi connectivity index (χ1) is 21.5. The van der Waals surface area contributed by atoms with Crippen molar-refractivity contribution >= 4 is 17.0 Å². The van der Waals surface area contributed by atoms with Crippen molar-refractivity contribution in [3.05, 3.63) is 119 Å². The monoisotopic (exact) mass is 612 g/mol. The lowest BCUT2D eigenvalue weighted by Crippen LogP contribution is -2.21. The third kappa shape index (κ3) is 7.47. The average molecular weight is 613 g/mol. The number of para-hydroxylation sites is 1. The van der Waals surface area contributed by atoms with E-state index in [-0.39, 0.29) is 0 Å². The van der Waals surface area contributed by atoms with E-state index in [1.807, 2.05) is 13.8 Å². The van der Waals surface area contributed by atoms with Crippen LogP contribution >= 0.6 is 0 Å². The predicted molar refractivity (Wildman–Crippen MR) is 167 cm³/mol. The molecule has 0 aliphatic rings. The van der Waals surface area contributed by atoms with Gasteiger partial charge in [-0.3, -0.25) is 0 Å². The fraction of sp³-hybridized carbons (Fsp3) is 0.171. The highest BCUT2D eigenvalue weighted by molar-refractivity contribution is 5.83. The number of aromatic amines is 1. The molecule has 0 fully saturated rings. The van der Waals surface area contributed by atoms with Crippen LogP contribution in [0.25, 0.3) is 44.7 Å². The van der Waals surface area contributed by atoms with Crippen LogP contribution in [0.5, 0.6) is 0 Å². The Bertz CT molecular complexity index is 1920. The second kappa shape index (κ2) is 13.2. The number of aryl methyl sites for hydroxylation is 3. The Morgan fingerprint density at radius 1 is 0.822 bits per heavy atom. The lowest BCUT2D eigenvalue weighted by Gasteiger charge is -2.09. The zero-order chi connectivity index (χ0) is 32.1. The molecule has 10 heteroatoms. The number of carbonyl (C=O) groups is 1. The summed E-state index contributed by atoms with van der Waals surface area (Å²) in [7, 11) is 0. The number of fused-ring (bicyclic) bond motifs is 1. The number of imidazole rings is 1. The van der Waals surface area contributed by atoms with E-state index in [1.165, 1.54) is 27.8 Å². The fourth-order valence-electron chi connectivity index (χ4n) is 5.06. The lowest BCUT2D eigenvalue weighted by molar-refractivity contribution is -0.192. The van der Waals surface area contributed by atoms with E-state index >= 15 is 0 Å².